The SMILES string of the molecule is CCCNC(=O)C(NC(=O)c1ccccc1)C1CCN(C(=O)c2ccc(F)cc2)CC1. The van der Waals surface area contributed by atoms with Crippen LogP contribution < -0.4 is 10.6 Å². The minimum absolute atomic E-state index is 0.0817. The third-order valence-corrected chi connectivity index (χ3v) is 5.54. The molecule has 1 aliphatic heterocycles. The van der Waals surface area contributed by atoms with Crippen LogP contribution in [0.1, 0.15) is 46.9 Å². The fourth-order valence-electron chi connectivity index (χ4n) is 3.78. The first-order valence-electron chi connectivity index (χ1n) is 10.7. The topological polar surface area (TPSA) is 78.5 Å². The number of benzene rings is 2. The van der Waals surface area contributed by atoms with Gasteiger partial charge in [-0.3, -0.25) is 14.4 Å². The summed E-state index contributed by atoms with van der Waals surface area (Å²) in [5, 5.41) is 5.78. The summed E-state index contributed by atoms with van der Waals surface area (Å²) in [6.07, 6.45) is 1.98. The smallest absolute Gasteiger partial charge is 0.253 e. The van der Waals surface area contributed by atoms with E-state index in [1.54, 1.807) is 29.2 Å². The van der Waals surface area contributed by atoms with Gasteiger partial charge < -0.3 is 15.5 Å². The number of amides is 3. The molecule has 1 saturated heterocycles. The van der Waals surface area contributed by atoms with E-state index in [0.29, 0.717) is 43.6 Å². The molecule has 1 fully saturated rings. The van der Waals surface area contributed by atoms with Crippen LogP contribution in [0, 0.1) is 11.7 Å². The third-order valence-electron chi connectivity index (χ3n) is 5.54. The fourth-order valence-corrected chi connectivity index (χ4v) is 3.78. The summed E-state index contributed by atoms with van der Waals surface area (Å²) in [5.74, 6) is -1.11. The lowest BCUT2D eigenvalue weighted by Gasteiger charge is -2.36. The summed E-state index contributed by atoms with van der Waals surface area (Å²) >= 11 is 0. The zero-order valence-electron chi connectivity index (χ0n) is 17.6. The number of piperidine rings is 1. The Bertz CT molecular complexity index is 894. The highest BCUT2D eigenvalue weighted by molar-refractivity contribution is 5.97. The van der Waals surface area contributed by atoms with Crippen molar-refractivity contribution in [1.82, 2.24) is 15.5 Å². The Morgan fingerprint density at radius 3 is 2.26 bits per heavy atom. The van der Waals surface area contributed by atoms with Crippen LogP contribution in [0.25, 0.3) is 0 Å². The molecule has 1 aliphatic rings. The zero-order valence-corrected chi connectivity index (χ0v) is 17.6. The maximum Gasteiger partial charge on any atom is 0.253 e. The Balaban J connectivity index is 1.66. The summed E-state index contributed by atoms with van der Waals surface area (Å²) in [7, 11) is 0. The Morgan fingerprint density at radius 1 is 1.00 bits per heavy atom. The molecule has 2 N–H and O–H groups in total. The monoisotopic (exact) mass is 425 g/mol. The van der Waals surface area contributed by atoms with Crippen molar-refractivity contribution >= 4 is 17.7 Å². The largest absolute Gasteiger partial charge is 0.354 e. The lowest BCUT2D eigenvalue weighted by molar-refractivity contribution is -0.124. The first kappa shape index (κ1) is 22.5. The van der Waals surface area contributed by atoms with Crippen molar-refractivity contribution in [1.29, 1.82) is 0 Å². The summed E-state index contributed by atoms with van der Waals surface area (Å²) in [5.41, 5.74) is 0.939. The normalized spacial score (nSPS) is 15.2. The Kier molecular flexibility index (Phi) is 7.76. The van der Waals surface area contributed by atoms with Crippen molar-refractivity contribution in [3.05, 3.63) is 71.5 Å². The molecule has 0 saturated carbocycles. The van der Waals surface area contributed by atoms with Gasteiger partial charge in [0.05, 0.1) is 0 Å². The molecule has 1 atom stereocenters. The van der Waals surface area contributed by atoms with Crippen molar-refractivity contribution in [3.8, 4) is 0 Å². The van der Waals surface area contributed by atoms with Crippen LogP contribution in [0.4, 0.5) is 4.39 Å². The van der Waals surface area contributed by atoms with E-state index in [-0.39, 0.29) is 29.5 Å². The van der Waals surface area contributed by atoms with Crippen LogP contribution in [-0.2, 0) is 4.79 Å². The second-order valence-corrected chi connectivity index (χ2v) is 7.74. The van der Waals surface area contributed by atoms with E-state index >= 15 is 0 Å². The van der Waals surface area contributed by atoms with E-state index in [2.05, 4.69) is 10.6 Å². The zero-order chi connectivity index (χ0) is 22.2. The highest BCUT2D eigenvalue weighted by atomic mass is 19.1. The molecular formula is C24H28FN3O3. The van der Waals surface area contributed by atoms with Gasteiger partial charge in [-0.05, 0) is 61.6 Å². The number of carbonyl (C=O) groups excluding carboxylic acids is 3. The molecule has 0 spiro atoms. The number of nitrogens with one attached hydrogen (secondary N) is 2. The summed E-state index contributed by atoms with van der Waals surface area (Å²) in [6.45, 7) is 3.45. The van der Waals surface area contributed by atoms with Gasteiger partial charge in [0.1, 0.15) is 11.9 Å². The van der Waals surface area contributed by atoms with Crippen LogP contribution >= 0.6 is 0 Å². The van der Waals surface area contributed by atoms with E-state index in [4.69, 9.17) is 0 Å². The van der Waals surface area contributed by atoms with E-state index in [1.165, 1.54) is 24.3 Å². The molecule has 0 bridgehead atoms. The lowest BCUT2D eigenvalue weighted by Crippen LogP contribution is -2.54. The fraction of sp³-hybridized carbons (Fsp3) is 0.375. The maximum absolute atomic E-state index is 13.1. The van der Waals surface area contributed by atoms with Crippen molar-refractivity contribution in [2.45, 2.75) is 32.2 Å². The third kappa shape index (κ3) is 5.90. The van der Waals surface area contributed by atoms with Gasteiger partial charge >= 0.3 is 0 Å². The molecule has 3 rings (SSSR count). The molecule has 164 valence electrons. The molecule has 0 aliphatic carbocycles. The van der Waals surface area contributed by atoms with E-state index in [9.17, 15) is 18.8 Å². The van der Waals surface area contributed by atoms with Crippen molar-refractivity contribution in [2.75, 3.05) is 19.6 Å². The van der Waals surface area contributed by atoms with E-state index < -0.39 is 6.04 Å². The molecule has 0 radical (unpaired) electrons. The van der Waals surface area contributed by atoms with Crippen LogP contribution in [0.3, 0.4) is 0 Å². The number of carbonyl (C=O) groups is 3. The minimum Gasteiger partial charge on any atom is -0.354 e. The number of hydrogen-bond acceptors (Lipinski definition) is 3. The number of rotatable bonds is 7. The van der Waals surface area contributed by atoms with Crippen molar-refractivity contribution in [3.63, 3.8) is 0 Å². The van der Waals surface area contributed by atoms with Crippen molar-refractivity contribution < 1.29 is 18.8 Å². The Morgan fingerprint density at radius 2 is 1.65 bits per heavy atom. The highest BCUT2D eigenvalue weighted by Gasteiger charge is 2.34. The molecule has 2 aromatic rings. The average Bonchev–Trinajstić information content (AvgIpc) is 2.81. The van der Waals surface area contributed by atoms with Crippen LogP contribution in [0.5, 0.6) is 0 Å². The van der Waals surface area contributed by atoms with Gasteiger partial charge in [-0.2, -0.15) is 0 Å². The second-order valence-electron chi connectivity index (χ2n) is 7.74. The quantitative estimate of drug-likeness (QED) is 0.716. The van der Waals surface area contributed by atoms with Gasteiger partial charge in [-0.25, -0.2) is 4.39 Å². The molecule has 0 aromatic heterocycles. The molecule has 3 amide bonds. The van der Waals surface area contributed by atoms with Crippen molar-refractivity contribution in [2.24, 2.45) is 5.92 Å². The molecule has 7 heteroatoms. The second kappa shape index (κ2) is 10.7. The Labute approximate surface area is 181 Å². The average molecular weight is 426 g/mol. The summed E-state index contributed by atoms with van der Waals surface area (Å²) in [4.78, 5) is 39.9. The van der Waals surface area contributed by atoms with Crippen LogP contribution in [0.15, 0.2) is 54.6 Å². The predicted octanol–water partition coefficient (Wildman–Crippen LogP) is 3.00. The molecule has 31 heavy (non-hydrogen) atoms. The summed E-state index contributed by atoms with van der Waals surface area (Å²) < 4.78 is 13.1. The van der Waals surface area contributed by atoms with Gasteiger partial charge in [-0.1, -0.05) is 25.1 Å². The molecule has 1 unspecified atom stereocenters. The Hall–Kier alpha value is -3.22. The van der Waals surface area contributed by atoms with Gasteiger partial charge in [0, 0.05) is 30.8 Å². The van der Waals surface area contributed by atoms with E-state index in [0.717, 1.165) is 6.42 Å². The maximum atomic E-state index is 13.1. The van der Waals surface area contributed by atoms with Crippen LogP contribution in [0.2, 0.25) is 0 Å². The molecule has 1 heterocycles. The number of likely N-dealkylation sites (tertiary alicyclic amines) is 1. The van der Waals surface area contributed by atoms with Gasteiger partial charge in [-0.15, -0.1) is 0 Å². The first-order valence-corrected chi connectivity index (χ1v) is 10.7. The van der Waals surface area contributed by atoms with E-state index in [1.807, 2.05) is 13.0 Å². The molecule has 2 aromatic carbocycles. The van der Waals surface area contributed by atoms with Crippen LogP contribution in [-0.4, -0.2) is 48.3 Å². The standard InChI is InChI=1S/C24H28FN3O3/c1-2-14-26-23(30)21(27-22(29)18-6-4-3-5-7-18)17-12-15-28(16-13-17)24(31)19-8-10-20(25)11-9-19/h3-11,17,21H,2,12-16H2,1H3,(H,26,30)(H,27,29). The summed E-state index contributed by atoms with van der Waals surface area (Å²) in [6, 6.07) is 13.6. The van der Waals surface area contributed by atoms with Gasteiger partial charge in [0.25, 0.3) is 11.8 Å². The lowest BCUT2D eigenvalue weighted by atomic mass is 9.88. The molecule has 6 nitrogen and oxygen atoms in total. The van der Waals surface area contributed by atoms with Gasteiger partial charge in [0.2, 0.25) is 5.91 Å². The van der Waals surface area contributed by atoms with Gasteiger partial charge in [0.15, 0.2) is 0 Å². The number of halogens is 1. The minimum atomic E-state index is -0.665. The number of nitrogens with zero attached hydrogens (tertiary/aromatic N) is 1. The molecular weight excluding hydrogens is 397 g/mol. The first-order chi connectivity index (χ1) is 15.0. The number of hydrogen-bond donors (Lipinski definition) is 2. The predicted molar refractivity (Wildman–Crippen MR) is 116 cm³/mol. The highest BCUT2D eigenvalue weighted by Crippen LogP contribution is 2.23.